The zero-order valence-corrected chi connectivity index (χ0v) is 13.3. The Balaban J connectivity index is 1.84. The van der Waals surface area contributed by atoms with Crippen LogP contribution in [-0.4, -0.2) is 50.4 Å². The van der Waals surface area contributed by atoms with Gasteiger partial charge in [-0.1, -0.05) is 30.3 Å². The number of benzene rings is 1. The van der Waals surface area contributed by atoms with Crippen molar-refractivity contribution in [2.75, 3.05) is 25.1 Å². The number of amides is 1. The molecule has 6 heteroatoms. The first kappa shape index (κ1) is 16.0. The van der Waals surface area contributed by atoms with E-state index in [1.54, 1.807) is 7.05 Å². The number of likely N-dealkylation sites (N-methyl/N-ethyl adjacent to an activating group) is 1. The molecule has 0 radical (unpaired) electrons. The van der Waals surface area contributed by atoms with Crippen molar-refractivity contribution in [1.29, 1.82) is 0 Å². The van der Waals surface area contributed by atoms with Crippen molar-refractivity contribution in [2.45, 2.75) is 25.4 Å². The highest BCUT2D eigenvalue weighted by molar-refractivity contribution is 7.91. The van der Waals surface area contributed by atoms with E-state index in [0.717, 1.165) is 5.56 Å². The summed E-state index contributed by atoms with van der Waals surface area (Å²) in [4.78, 5) is 13.9. The first-order chi connectivity index (χ1) is 9.87. The monoisotopic (exact) mass is 310 g/mol. The average Bonchev–Trinajstić information content (AvgIpc) is 2.80. The highest BCUT2D eigenvalue weighted by atomic mass is 32.2. The van der Waals surface area contributed by atoms with Gasteiger partial charge < -0.3 is 5.32 Å². The summed E-state index contributed by atoms with van der Waals surface area (Å²) in [6.45, 7) is 2.16. The SMILES string of the molecule is C[C@H](NC(=O)CN(C)[C@@H]1CCS(=O)(=O)C1)c1ccccc1. The summed E-state index contributed by atoms with van der Waals surface area (Å²) in [6, 6.07) is 9.65. The molecular formula is C15H22N2O3S. The van der Waals surface area contributed by atoms with Crippen LogP contribution in [0.15, 0.2) is 30.3 Å². The van der Waals surface area contributed by atoms with Crippen LogP contribution in [0.3, 0.4) is 0 Å². The number of hydrogen-bond donors (Lipinski definition) is 1. The molecule has 1 N–H and O–H groups in total. The summed E-state index contributed by atoms with van der Waals surface area (Å²) in [6.07, 6.45) is 0.611. The zero-order valence-electron chi connectivity index (χ0n) is 12.5. The fourth-order valence-electron chi connectivity index (χ4n) is 2.59. The van der Waals surface area contributed by atoms with Gasteiger partial charge in [-0.05, 0) is 26.0 Å². The molecule has 2 rings (SSSR count). The molecule has 1 amide bonds. The normalized spacial score (nSPS) is 22.1. The summed E-state index contributed by atoms with van der Waals surface area (Å²) >= 11 is 0. The van der Waals surface area contributed by atoms with Crippen LogP contribution < -0.4 is 5.32 Å². The van der Waals surface area contributed by atoms with Crippen molar-refractivity contribution in [2.24, 2.45) is 0 Å². The van der Waals surface area contributed by atoms with E-state index in [9.17, 15) is 13.2 Å². The van der Waals surface area contributed by atoms with E-state index in [1.807, 2.05) is 42.2 Å². The number of rotatable bonds is 5. The molecule has 0 unspecified atom stereocenters. The Morgan fingerprint density at radius 1 is 1.38 bits per heavy atom. The largest absolute Gasteiger partial charge is 0.348 e. The van der Waals surface area contributed by atoms with Crippen molar-refractivity contribution in [1.82, 2.24) is 10.2 Å². The molecule has 21 heavy (non-hydrogen) atoms. The summed E-state index contributed by atoms with van der Waals surface area (Å²) in [5.74, 6) is 0.299. The van der Waals surface area contributed by atoms with Gasteiger partial charge in [0, 0.05) is 6.04 Å². The van der Waals surface area contributed by atoms with Gasteiger partial charge in [0.1, 0.15) is 0 Å². The van der Waals surface area contributed by atoms with Crippen molar-refractivity contribution >= 4 is 15.7 Å². The van der Waals surface area contributed by atoms with Gasteiger partial charge in [-0.3, -0.25) is 9.69 Å². The molecule has 116 valence electrons. The van der Waals surface area contributed by atoms with Gasteiger partial charge in [0.05, 0.1) is 24.1 Å². The third-order valence-electron chi connectivity index (χ3n) is 3.90. The van der Waals surface area contributed by atoms with Crippen LogP contribution in [0.5, 0.6) is 0 Å². The van der Waals surface area contributed by atoms with E-state index in [-0.39, 0.29) is 36.0 Å². The fraction of sp³-hybridized carbons (Fsp3) is 0.533. The first-order valence-corrected chi connectivity index (χ1v) is 8.94. The lowest BCUT2D eigenvalue weighted by Crippen LogP contribution is -2.41. The van der Waals surface area contributed by atoms with E-state index < -0.39 is 9.84 Å². The number of hydrogen-bond acceptors (Lipinski definition) is 4. The maximum atomic E-state index is 12.1. The topological polar surface area (TPSA) is 66.5 Å². The van der Waals surface area contributed by atoms with Crippen LogP contribution in [0.4, 0.5) is 0 Å². The summed E-state index contributed by atoms with van der Waals surface area (Å²) in [5.41, 5.74) is 1.05. The van der Waals surface area contributed by atoms with E-state index in [4.69, 9.17) is 0 Å². The van der Waals surface area contributed by atoms with E-state index >= 15 is 0 Å². The minimum atomic E-state index is -2.92. The van der Waals surface area contributed by atoms with Crippen LogP contribution in [0.2, 0.25) is 0 Å². The molecule has 0 bridgehead atoms. The number of carbonyl (C=O) groups excluding carboxylic acids is 1. The maximum absolute atomic E-state index is 12.1. The maximum Gasteiger partial charge on any atom is 0.234 e. The standard InChI is InChI=1S/C15H22N2O3S/c1-12(13-6-4-3-5-7-13)16-15(18)10-17(2)14-8-9-21(19,20)11-14/h3-7,12,14H,8-11H2,1-2H3,(H,16,18)/t12-,14+/m0/s1. The van der Waals surface area contributed by atoms with Gasteiger partial charge in [0.25, 0.3) is 0 Å². The fourth-order valence-corrected chi connectivity index (χ4v) is 4.40. The van der Waals surface area contributed by atoms with Crippen LogP contribution in [-0.2, 0) is 14.6 Å². The minimum absolute atomic E-state index is 0.0484. The number of carbonyl (C=O) groups is 1. The van der Waals surface area contributed by atoms with E-state index in [1.165, 1.54) is 0 Å². The Morgan fingerprint density at radius 3 is 2.62 bits per heavy atom. The van der Waals surface area contributed by atoms with Crippen molar-refractivity contribution in [3.8, 4) is 0 Å². The van der Waals surface area contributed by atoms with Crippen molar-refractivity contribution in [3.63, 3.8) is 0 Å². The summed E-state index contributed by atoms with van der Waals surface area (Å²) in [5, 5.41) is 2.94. The molecule has 5 nitrogen and oxygen atoms in total. The molecule has 0 spiro atoms. The second kappa shape index (κ2) is 6.58. The molecule has 1 aromatic rings. The lowest BCUT2D eigenvalue weighted by Gasteiger charge is -2.23. The molecule has 1 aromatic carbocycles. The van der Waals surface area contributed by atoms with Gasteiger partial charge in [-0.15, -0.1) is 0 Å². The average molecular weight is 310 g/mol. The summed E-state index contributed by atoms with van der Waals surface area (Å²) in [7, 11) is -1.11. The van der Waals surface area contributed by atoms with Gasteiger partial charge in [0.15, 0.2) is 9.84 Å². The number of sulfone groups is 1. The number of nitrogens with zero attached hydrogens (tertiary/aromatic N) is 1. The highest BCUT2D eigenvalue weighted by Gasteiger charge is 2.31. The van der Waals surface area contributed by atoms with Gasteiger partial charge in [-0.25, -0.2) is 8.42 Å². The molecule has 1 saturated heterocycles. The molecule has 2 atom stereocenters. The first-order valence-electron chi connectivity index (χ1n) is 7.12. The molecule has 1 fully saturated rings. The summed E-state index contributed by atoms with van der Waals surface area (Å²) < 4.78 is 22.9. The molecule has 1 aliphatic rings. The molecule has 1 aliphatic heterocycles. The number of nitrogens with one attached hydrogen (secondary N) is 1. The quantitative estimate of drug-likeness (QED) is 0.880. The predicted molar refractivity (Wildman–Crippen MR) is 82.7 cm³/mol. The second-order valence-corrected chi connectivity index (χ2v) is 7.90. The lowest BCUT2D eigenvalue weighted by atomic mass is 10.1. The van der Waals surface area contributed by atoms with Crippen molar-refractivity contribution in [3.05, 3.63) is 35.9 Å². The Bertz CT molecular complexity index is 586. The van der Waals surface area contributed by atoms with Gasteiger partial charge >= 0.3 is 0 Å². The Labute approximate surface area is 126 Å². The van der Waals surface area contributed by atoms with Crippen LogP contribution in [0.1, 0.15) is 24.9 Å². The molecule has 0 aromatic heterocycles. The lowest BCUT2D eigenvalue weighted by molar-refractivity contribution is -0.123. The van der Waals surface area contributed by atoms with Crippen LogP contribution in [0.25, 0.3) is 0 Å². The zero-order chi connectivity index (χ0) is 15.5. The highest BCUT2D eigenvalue weighted by Crippen LogP contribution is 2.16. The Kier molecular flexibility index (Phi) is 5.00. The smallest absolute Gasteiger partial charge is 0.234 e. The Morgan fingerprint density at radius 2 is 2.05 bits per heavy atom. The molecular weight excluding hydrogens is 288 g/mol. The Hall–Kier alpha value is -1.40. The molecule has 0 saturated carbocycles. The van der Waals surface area contributed by atoms with Crippen LogP contribution >= 0.6 is 0 Å². The van der Waals surface area contributed by atoms with E-state index in [0.29, 0.717) is 6.42 Å². The predicted octanol–water partition coefficient (Wildman–Crippen LogP) is 0.983. The van der Waals surface area contributed by atoms with E-state index in [2.05, 4.69) is 5.32 Å². The van der Waals surface area contributed by atoms with Crippen LogP contribution in [0, 0.1) is 0 Å². The third kappa shape index (κ3) is 4.54. The van der Waals surface area contributed by atoms with Crippen molar-refractivity contribution < 1.29 is 13.2 Å². The molecule has 0 aliphatic carbocycles. The molecule has 1 heterocycles. The third-order valence-corrected chi connectivity index (χ3v) is 5.65. The minimum Gasteiger partial charge on any atom is -0.348 e. The van der Waals surface area contributed by atoms with Gasteiger partial charge in [-0.2, -0.15) is 0 Å². The van der Waals surface area contributed by atoms with Gasteiger partial charge in [0.2, 0.25) is 5.91 Å². The second-order valence-electron chi connectivity index (χ2n) is 5.67.